The van der Waals surface area contributed by atoms with Crippen molar-refractivity contribution in [2.45, 2.75) is 32.6 Å². The summed E-state index contributed by atoms with van der Waals surface area (Å²) >= 11 is 0. The van der Waals surface area contributed by atoms with Crippen LogP contribution in [0.15, 0.2) is 0 Å². The number of nitrogens with two attached hydrogens (primary N) is 1. The van der Waals surface area contributed by atoms with Crippen molar-refractivity contribution in [2.75, 3.05) is 17.6 Å². The summed E-state index contributed by atoms with van der Waals surface area (Å²) in [6, 6.07) is 0. The first-order valence-electron chi connectivity index (χ1n) is 4.89. The lowest BCUT2D eigenvalue weighted by atomic mass is 9.88. The quantitative estimate of drug-likeness (QED) is 0.650. The van der Waals surface area contributed by atoms with Crippen LogP contribution in [0.3, 0.4) is 0 Å². The van der Waals surface area contributed by atoms with Crippen LogP contribution in [0.1, 0.15) is 32.0 Å². The van der Waals surface area contributed by atoms with E-state index in [4.69, 9.17) is 5.73 Å². The summed E-state index contributed by atoms with van der Waals surface area (Å²) in [6.07, 6.45) is 1.00. The van der Waals surface area contributed by atoms with E-state index in [2.05, 4.69) is 36.1 Å². The van der Waals surface area contributed by atoms with Crippen molar-refractivity contribution in [1.82, 2.24) is 9.97 Å². The Hall–Kier alpha value is -1.32. The molecule has 0 aliphatic carbocycles. The molecule has 1 aliphatic rings. The van der Waals surface area contributed by atoms with Crippen molar-refractivity contribution < 1.29 is 0 Å². The second-order valence-electron chi connectivity index (χ2n) is 4.68. The van der Waals surface area contributed by atoms with Crippen LogP contribution in [0.2, 0.25) is 0 Å². The maximum atomic E-state index is 5.67. The van der Waals surface area contributed by atoms with Gasteiger partial charge in [-0.15, -0.1) is 0 Å². The highest BCUT2D eigenvalue weighted by Gasteiger charge is 2.25. The fourth-order valence-electron chi connectivity index (χ4n) is 1.81. The second kappa shape index (κ2) is 2.83. The van der Waals surface area contributed by atoms with E-state index >= 15 is 0 Å². The van der Waals surface area contributed by atoms with E-state index in [1.807, 2.05) is 0 Å². The number of nitrogen functional groups attached to an aromatic ring is 1. The van der Waals surface area contributed by atoms with E-state index in [-0.39, 0.29) is 5.41 Å². The van der Waals surface area contributed by atoms with E-state index in [0.29, 0.717) is 5.95 Å². The van der Waals surface area contributed by atoms with Crippen LogP contribution in [0.4, 0.5) is 11.8 Å². The molecule has 1 aromatic heterocycles. The molecule has 0 saturated carbocycles. The van der Waals surface area contributed by atoms with E-state index in [1.165, 1.54) is 5.56 Å². The minimum absolute atomic E-state index is 0.0349. The normalized spacial score (nSPS) is 15.1. The third-order valence-corrected chi connectivity index (χ3v) is 2.40. The lowest BCUT2D eigenvalue weighted by molar-refractivity contribution is 0.562. The second-order valence-corrected chi connectivity index (χ2v) is 4.68. The van der Waals surface area contributed by atoms with Gasteiger partial charge in [0.2, 0.25) is 5.95 Å². The fraction of sp³-hybridized carbons (Fsp3) is 0.600. The van der Waals surface area contributed by atoms with Crippen LogP contribution >= 0.6 is 0 Å². The number of hydrogen-bond acceptors (Lipinski definition) is 4. The molecule has 0 saturated heterocycles. The smallest absolute Gasteiger partial charge is 0.222 e. The maximum absolute atomic E-state index is 5.67. The molecule has 1 aliphatic heterocycles. The molecule has 3 N–H and O–H groups in total. The molecule has 0 spiro atoms. The molecular weight excluding hydrogens is 176 g/mol. The zero-order valence-electron chi connectivity index (χ0n) is 8.89. The van der Waals surface area contributed by atoms with Crippen LogP contribution in [0, 0.1) is 0 Å². The Morgan fingerprint density at radius 2 is 2.00 bits per heavy atom. The Bertz CT molecular complexity index is 365. The highest BCUT2D eigenvalue weighted by Crippen LogP contribution is 2.31. The molecule has 0 amide bonds. The summed E-state index contributed by atoms with van der Waals surface area (Å²) in [5.41, 5.74) is 8.00. The zero-order chi connectivity index (χ0) is 10.3. The molecule has 0 fully saturated rings. The van der Waals surface area contributed by atoms with E-state index < -0.39 is 0 Å². The summed E-state index contributed by atoms with van der Waals surface area (Å²) in [7, 11) is 0. The van der Waals surface area contributed by atoms with Gasteiger partial charge in [0, 0.05) is 17.5 Å². The third-order valence-electron chi connectivity index (χ3n) is 2.40. The molecule has 0 unspecified atom stereocenters. The number of nitrogens with zero attached hydrogens (tertiary/aromatic N) is 2. The van der Waals surface area contributed by atoms with Crippen LogP contribution in [0.5, 0.6) is 0 Å². The predicted octanol–water partition coefficient (Wildman–Crippen LogP) is 1.32. The highest BCUT2D eigenvalue weighted by molar-refractivity contribution is 5.55. The Balaban J connectivity index is 2.60. The van der Waals surface area contributed by atoms with Gasteiger partial charge in [-0.2, -0.15) is 4.98 Å². The molecule has 14 heavy (non-hydrogen) atoms. The fourth-order valence-corrected chi connectivity index (χ4v) is 1.81. The van der Waals surface area contributed by atoms with Gasteiger partial charge in [0.1, 0.15) is 5.82 Å². The Morgan fingerprint density at radius 3 is 2.64 bits per heavy atom. The first-order chi connectivity index (χ1) is 6.48. The highest BCUT2D eigenvalue weighted by atomic mass is 15.1. The topological polar surface area (TPSA) is 63.8 Å². The first kappa shape index (κ1) is 9.24. The van der Waals surface area contributed by atoms with Gasteiger partial charge in [0.05, 0.1) is 5.69 Å². The molecule has 76 valence electrons. The lowest BCUT2D eigenvalue weighted by Crippen LogP contribution is -2.18. The lowest BCUT2D eigenvalue weighted by Gasteiger charge is -2.20. The van der Waals surface area contributed by atoms with Gasteiger partial charge < -0.3 is 11.1 Å². The number of aromatic nitrogens is 2. The number of anilines is 2. The molecule has 2 rings (SSSR count). The van der Waals surface area contributed by atoms with Crippen molar-refractivity contribution in [3.8, 4) is 0 Å². The van der Waals surface area contributed by atoms with Crippen LogP contribution in [-0.2, 0) is 11.8 Å². The molecule has 0 atom stereocenters. The number of rotatable bonds is 0. The van der Waals surface area contributed by atoms with Gasteiger partial charge in [-0.25, -0.2) is 4.98 Å². The molecular formula is C10H16N4. The van der Waals surface area contributed by atoms with Crippen molar-refractivity contribution in [3.63, 3.8) is 0 Å². The summed E-state index contributed by atoms with van der Waals surface area (Å²) in [5, 5.41) is 3.22. The van der Waals surface area contributed by atoms with Gasteiger partial charge in [-0.1, -0.05) is 20.8 Å². The third kappa shape index (κ3) is 1.41. The van der Waals surface area contributed by atoms with Crippen LogP contribution in [-0.4, -0.2) is 16.5 Å². The maximum Gasteiger partial charge on any atom is 0.222 e. The Morgan fingerprint density at radius 1 is 1.29 bits per heavy atom. The van der Waals surface area contributed by atoms with Gasteiger partial charge in [0.25, 0.3) is 0 Å². The number of hydrogen-bond donors (Lipinski definition) is 2. The SMILES string of the molecule is CC(C)(C)c1nc(N)nc2c1CCN2. The molecule has 0 bridgehead atoms. The molecule has 1 aromatic rings. The molecule has 4 heteroatoms. The van der Waals surface area contributed by atoms with E-state index in [1.54, 1.807) is 0 Å². The summed E-state index contributed by atoms with van der Waals surface area (Å²) in [6.45, 7) is 7.38. The molecule has 2 heterocycles. The monoisotopic (exact) mass is 192 g/mol. The number of fused-ring (bicyclic) bond motifs is 1. The molecule has 0 radical (unpaired) electrons. The summed E-state index contributed by atoms with van der Waals surface area (Å²) < 4.78 is 0. The average molecular weight is 192 g/mol. The van der Waals surface area contributed by atoms with Crippen LogP contribution in [0.25, 0.3) is 0 Å². The molecule has 4 nitrogen and oxygen atoms in total. The largest absolute Gasteiger partial charge is 0.369 e. The average Bonchev–Trinajstić information content (AvgIpc) is 2.47. The standard InChI is InChI=1S/C10H16N4/c1-10(2,3)7-6-4-5-12-8(6)14-9(11)13-7/h4-5H2,1-3H3,(H3,11,12,13,14). The van der Waals surface area contributed by atoms with Gasteiger partial charge >= 0.3 is 0 Å². The first-order valence-corrected chi connectivity index (χ1v) is 4.89. The van der Waals surface area contributed by atoms with Gasteiger partial charge in [-0.05, 0) is 6.42 Å². The van der Waals surface area contributed by atoms with Crippen molar-refractivity contribution >= 4 is 11.8 Å². The predicted molar refractivity (Wildman–Crippen MR) is 57.3 cm³/mol. The van der Waals surface area contributed by atoms with Crippen molar-refractivity contribution in [2.24, 2.45) is 0 Å². The number of nitrogens with one attached hydrogen (secondary N) is 1. The van der Waals surface area contributed by atoms with E-state index in [0.717, 1.165) is 24.5 Å². The van der Waals surface area contributed by atoms with Gasteiger partial charge in [0.15, 0.2) is 0 Å². The Kier molecular flexibility index (Phi) is 1.87. The minimum Gasteiger partial charge on any atom is -0.369 e. The van der Waals surface area contributed by atoms with E-state index in [9.17, 15) is 0 Å². The molecule has 0 aromatic carbocycles. The minimum atomic E-state index is 0.0349. The van der Waals surface area contributed by atoms with Crippen molar-refractivity contribution in [3.05, 3.63) is 11.3 Å². The Labute approximate surface area is 83.9 Å². The summed E-state index contributed by atoms with van der Waals surface area (Å²) in [4.78, 5) is 8.53. The zero-order valence-corrected chi connectivity index (χ0v) is 8.89. The van der Waals surface area contributed by atoms with Gasteiger partial charge in [-0.3, -0.25) is 0 Å². The summed E-state index contributed by atoms with van der Waals surface area (Å²) in [5.74, 6) is 1.28. The van der Waals surface area contributed by atoms with Crippen LogP contribution < -0.4 is 11.1 Å². The van der Waals surface area contributed by atoms with Crippen molar-refractivity contribution in [1.29, 1.82) is 0 Å².